The minimum absolute atomic E-state index is 0. The Hall–Kier alpha value is -2.20. The highest BCUT2D eigenvalue weighted by Gasteiger charge is 2.41. The number of halogens is 1. The molecule has 0 rings (SSSR count). The van der Waals surface area contributed by atoms with E-state index in [9.17, 15) is 24.0 Å². The minimum atomic E-state index is -1.45. The number of nitrogens with two attached hydrogens (primary N) is 1. The van der Waals surface area contributed by atoms with Crippen LogP contribution in [-0.2, 0) is 42.9 Å². The summed E-state index contributed by atoms with van der Waals surface area (Å²) in [5.74, 6) is -3.07. The van der Waals surface area contributed by atoms with Gasteiger partial charge in [-0.2, -0.15) is 0 Å². The summed E-state index contributed by atoms with van der Waals surface area (Å²) < 4.78 is 19.7. The summed E-state index contributed by atoms with van der Waals surface area (Å²) in [5.41, 5.74) is 5.58. The molecule has 2 N–H and O–H groups in total. The van der Waals surface area contributed by atoms with Crippen molar-refractivity contribution in [3.63, 3.8) is 0 Å². The monoisotopic (exact) mass is 383 g/mol. The van der Waals surface area contributed by atoms with Gasteiger partial charge in [-0.1, -0.05) is 0 Å². The molecule has 10 nitrogen and oxygen atoms in total. The molecule has 0 bridgehead atoms. The fourth-order valence-corrected chi connectivity index (χ4v) is 1.79. The van der Waals surface area contributed by atoms with E-state index >= 15 is 0 Å². The summed E-state index contributed by atoms with van der Waals surface area (Å²) in [4.78, 5) is 55.8. The number of ether oxygens (including phenoxy) is 4. The van der Waals surface area contributed by atoms with E-state index in [2.05, 4.69) is 0 Å². The molecule has 0 saturated carbocycles. The molecule has 0 aliphatic carbocycles. The number of hydrogen-bond donors (Lipinski definition) is 1. The van der Waals surface area contributed by atoms with Crippen molar-refractivity contribution in [3.05, 3.63) is 0 Å². The van der Waals surface area contributed by atoms with E-state index < -0.39 is 54.8 Å². The van der Waals surface area contributed by atoms with Gasteiger partial charge in [0.05, 0.1) is 0 Å². The second-order valence-electron chi connectivity index (χ2n) is 4.81. The molecule has 0 amide bonds. The highest BCUT2D eigenvalue weighted by atomic mass is 35.5. The molecule has 0 spiro atoms. The van der Waals surface area contributed by atoms with Gasteiger partial charge in [0.15, 0.2) is 18.3 Å². The van der Waals surface area contributed by atoms with Gasteiger partial charge >= 0.3 is 23.9 Å². The predicted molar refractivity (Wildman–Crippen MR) is 84.6 cm³/mol. The summed E-state index contributed by atoms with van der Waals surface area (Å²) in [7, 11) is 0. The Bertz CT molecular complexity index is 497. The molecule has 4 atom stereocenters. The lowest BCUT2D eigenvalue weighted by Crippen LogP contribution is -2.55. The SMILES string of the molecule is CC(=O)OC[C@@H](OC(C)=O)[C@@H](OC(C)=O)[C@H](OC(C)=O)[C@@H](N)C=O.Cl. The Morgan fingerprint density at radius 3 is 1.64 bits per heavy atom. The third-order valence-corrected chi connectivity index (χ3v) is 2.60. The van der Waals surface area contributed by atoms with Crippen LogP contribution in [0, 0.1) is 0 Å². The summed E-state index contributed by atoms with van der Waals surface area (Å²) in [6.45, 7) is 3.82. The molecule has 0 aliphatic heterocycles. The molecule has 0 fully saturated rings. The lowest BCUT2D eigenvalue weighted by Gasteiger charge is -2.32. The average molecular weight is 384 g/mol. The molecule has 11 heteroatoms. The van der Waals surface area contributed by atoms with E-state index in [4.69, 9.17) is 24.7 Å². The van der Waals surface area contributed by atoms with Crippen LogP contribution in [0.5, 0.6) is 0 Å². The summed E-state index contributed by atoms with van der Waals surface area (Å²) in [6, 6.07) is -1.37. The van der Waals surface area contributed by atoms with Gasteiger partial charge in [0.25, 0.3) is 0 Å². The third-order valence-electron chi connectivity index (χ3n) is 2.60. The fourth-order valence-electron chi connectivity index (χ4n) is 1.79. The maximum atomic E-state index is 11.3. The second-order valence-corrected chi connectivity index (χ2v) is 4.81. The van der Waals surface area contributed by atoms with Gasteiger partial charge in [-0.3, -0.25) is 19.2 Å². The van der Waals surface area contributed by atoms with Crippen LogP contribution in [0.2, 0.25) is 0 Å². The molecule has 0 aromatic carbocycles. The summed E-state index contributed by atoms with van der Waals surface area (Å²) in [5, 5.41) is 0. The van der Waals surface area contributed by atoms with Gasteiger partial charge in [-0.25, -0.2) is 0 Å². The number of hydrogen-bond acceptors (Lipinski definition) is 10. The zero-order valence-electron chi connectivity index (χ0n) is 14.3. The highest BCUT2D eigenvalue weighted by Crippen LogP contribution is 2.16. The van der Waals surface area contributed by atoms with Crippen LogP contribution in [-0.4, -0.2) is 61.1 Å². The zero-order valence-corrected chi connectivity index (χ0v) is 15.1. The Balaban J connectivity index is 0. The quantitative estimate of drug-likeness (QED) is 0.307. The Labute approximate surface area is 150 Å². The van der Waals surface area contributed by atoms with E-state index in [-0.39, 0.29) is 18.7 Å². The second kappa shape index (κ2) is 12.2. The first kappa shape index (κ1) is 25.0. The van der Waals surface area contributed by atoms with Gasteiger partial charge in [0, 0.05) is 27.7 Å². The number of esters is 4. The molecule has 0 aromatic heterocycles. The van der Waals surface area contributed by atoms with Crippen LogP contribution in [0.15, 0.2) is 0 Å². The van der Waals surface area contributed by atoms with Crippen molar-refractivity contribution < 1.29 is 42.9 Å². The molecule has 0 radical (unpaired) electrons. The number of carbonyl (C=O) groups is 5. The standard InChI is InChI=1S/C14H21NO9.ClH/c1-7(17)21-6-12(22-8(2)18)14(24-10(4)20)13(11(15)5-16)23-9(3)19;/h5,11-14H,6,15H2,1-4H3;1H/t11-,12+,13+,14+;/m0./s1. The molecule has 144 valence electrons. The van der Waals surface area contributed by atoms with E-state index in [1.54, 1.807) is 0 Å². The van der Waals surface area contributed by atoms with Crippen LogP contribution in [0.25, 0.3) is 0 Å². The van der Waals surface area contributed by atoms with Crippen molar-refractivity contribution in [2.24, 2.45) is 5.73 Å². The highest BCUT2D eigenvalue weighted by molar-refractivity contribution is 5.85. The van der Waals surface area contributed by atoms with E-state index in [0.717, 1.165) is 27.7 Å². The Kier molecular flexibility index (Phi) is 12.2. The smallest absolute Gasteiger partial charge is 0.303 e. The van der Waals surface area contributed by atoms with Crippen LogP contribution >= 0.6 is 12.4 Å². The molecule has 0 heterocycles. The molecule has 25 heavy (non-hydrogen) atoms. The van der Waals surface area contributed by atoms with Crippen molar-refractivity contribution in [2.75, 3.05) is 6.61 Å². The van der Waals surface area contributed by atoms with Crippen molar-refractivity contribution in [1.29, 1.82) is 0 Å². The van der Waals surface area contributed by atoms with E-state index in [0.29, 0.717) is 0 Å². The average Bonchev–Trinajstić information content (AvgIpc) is 2.45. The fraction of sp³-hybridized carbons (Fsp3) is 0.643. The first-order valence-electron chi connectivity index (χ1n) is 6.94. The van der Waals surface area contributed by atoms with Crippen LogP contribution in [0.3, 0.4) is 0 Å². The van der Waals surface area contributed by atoms with Crippen molar-refractivity contribution in [3.8, 4) is 0 Å². The normalized spacial score (nSPS) is 14.6. The third kappa shape index (κ3) is 10.3. The van der Waals surface area contributed by atoms with Crippen LogP contribution in [0.1, 0.15) is 27.7 Å². The van der Waals surface area contributed by atoms with Gasteiger partial charge in [-0.05, 0) is 0 Å². The maximum absolute atomic E-state index is 11.3. The Morgan fingerprint density at radius 2 is 1.28 bits per heavy atom. The van der Waals surface area contributed by atoms with E-state index in [1.165, 1.54) is 0 Å². The molecule has 0 aromatic rings. The van der Waals surface area contributed by atoms with E-state index in [1.807, 2.05) is 0 Å². The molecule has 0 aliphatic rings. The maximum Gasteiger partial charge on any atom is 0.303 e. The first-order valence-corrected chi connectivity index (χ1v) is 6.94. The van der Waals surface area contributed by atoms with Crippen LogP contribution in [0.4, 0.5) is 0 Å². The summed E-state index contributed by atoms with van der Waals surface area (Å²) in [6.07, 6.45) is -3.94. The first-order chi connectivity index (χ1) is 11.1. The van der Waals surface area contributed by atoms with Gasteiger partial charge in [0.1, 0.15) is 18.9 Å². The van der Waals surface area contributed by atoms with Crippen molar-refractivity contribution in [2.45, 2.75) is 52.0 Å². The van der Waals surface area contributed by atoms with Gasteiger partial charge in [-0.15, -0.1) is 12.4 Å². The number of rotatable bonds is 9. The predicted octanol–water partition coefficient (Wildman–Crippen LogP) is -0.707. The summed E-state index contributed by atoms with van der Waals surface area (Å²) >= 11 is 0. The lowest BCUT2D eigenvalue weighted by atomic mass is 10.0. The van der Waals surface area contributed by atoms with Gasteiger partial charge in [0.2, 0.25) is 0 Å². The number of carbonyl (C=O) groups excluding carboxylic acids is 5. The molecule has 0 unspecified atom stereocenters. The lowest BCUT2D eigenvalue weighted by molar-refractivity contribution is -0.190. The minimum Gasteiger partial charge on any atom is -0.462 e. The zero-order chi connectivity index (χ0) is 18.9. The largest absolute Gasteiger partial charge is 0.462 e. The molecular weight excluding hydrogens is 362 g/mol. The molecular formula is C14H22ClNO9. The topological polar surface area (TPSA) is 148 Å². The van der Waals surface area contributed by atoms with Crippen molar-refractivity contribution >= 4 is 42.6 Å². The Morgan fingerprint density at radius 1 is 0.840 bits per heavy atom. The van der Waals surface area contributed by atoms with Crippen molar-refractivity contribution in [1.82, 2.24) is 0 Å². The van der Waals surface area contributed by atoms with Crippen LogP contribution < -0.4 is 5.73 Å². The number of aldehydes is 1. The molecule has 0 saturated heterocycles. The van der Waals surface area contributed by atoms with Gasteiger partial charge < -0.3 is 29.5 Å².